The molecule has 0 amide bonds. The maximum absolute atomic E-state index is 11.6. The van der Waals surface area contributed by atoms with Crippen LogP contribution in [0.3, 0.4) is 0 Å². The molecule has 0 atom stereocenters. The van der Waals surface area contributed by atoms with Gasteiger partial charge in [-0.3, -0.25) is 0 Å². The Balaban J connectivity index is 1.84. The van der Waals surface area contributed by atoms with Crippen molar-refractivity contribution < 1.29 is 14.6 Å². The van der Waals surface area contributed by atoms with Crippen LogP contribution in [0.25, 0.3) is 0 Å². The molecule has 1 saturated carbocycles. The minimum absolute atomic E-state index is 0.0885. The molecule has 4 nitrogen and oxygen atoms in total. The molecule has 0 aliphatic heterocycles. The average molecular weight is 235 g/mol. The number of rotatable bonds is 6. The van der Waals surface area contributed by atoms with Crippen molar-refractivity contribution in [3.05, 3.63) is 29.8 Å². The second kappa shape index (κ2) is 5.68. The minimum Gasteiger partial charge on any atom is -0.462 e. The molecule has 0 aromatic heterocycles. The first-order valence-corrected chi connectivity index (χ1v) is 5.91. The molecule has 2 N–H and O–H groups in total. The van der Waals surface area contributed by atoms with Gasteiger partial charge in [-0.1, -0.05) is 0 Å². The Morgan fingerprint density at radius 1 is 1.35 bits per heavy atom. The Morgan fingerprint density at radius 2 is 2.06 bits per heavy atom. The molecule has 1 aliphatic rings. The zero-order valence-corrected chi connectivity index (χ0v) is 9.69. The Morgan fingerprint density at radius 3 is 2.65 bits per heavy atom. The number of carbonyl (C=O) groups is 1. The van der Waals surface area contributed by atoms with Crippen LogP contribution in [0.1, 0.15) is 23.2 Å². The summed E-state index contributed by atoms with van der Waals surface area (Å²) in [5, 5.41) is 11.7. The minimum atomic E-state index is -0.259. The van der Waals surface area contributed by atoms with E-state index in [1.165, 1.54) is 12.8 Å². The molecule has 0 saturated heterocycles. The van der Waals surface area contributed by atoms with Crippen molar-refractivity contribution in [2.24, 2.45) is 5.92 Å². The van der Waals surface area contributed by atoms with Gasteiger partial charge in [-0.2, -0.15) is 0 Å². The summed E-state index contributed by atoms with van der Waals surface area (Å²) in [5.41, 5.74) is 1.46. The molecule has 0 heterocycles. The Labute approximate surface area is 101 Å². The van der Waals surface area contributed by atoms with Gasteiger partial charge in [-0.25, -0.2) is 4.79 Å². The van der Waals surface area contributed by atoms with Gasteiger partial charge in [0.2, 0.25) is 0 Å². The molecule has 2 rings (SSSR count). The van der Waals surface area contributed by atoms with Crippen LogP contribution in [0.5, 0.6) is 0 Å². The van der Waals surface area contributed by atoms with E-state index in [1.807, 2.05) is 12.1 Å². The number of hydrogen-bond acceptors (Lipinski definition) is 4. The topological polar surface area (TPSA) is 58.6 Å². The molecule has 1 aliphatic carbocycles. The maximum Gasteiger partial charge on any atom is 0.338 e. The van der Waals surface area contributed by atoms with Crippen LogP contribution in [0.2, 0.25) is 0 Å². The summed E-state index contributed by atoms with van der Waals surface area (Å²) >= 11 is 0. The predicted molar refractivity (Wildman–Crippen MR) is 65.0 cm³/mol. The average Bonchev–Trinajstić information content (AvgIpc) is 3.18. The Kier molecular flexibility index (Phi) is 3.98. The van der Waals surface area contributed by atoms with E-state index >= 15 is 0 Å². The van der Waals surface area contributed by atoms with E-state index in [0.717, 1.165) is 5.69 Å². The second-order valence-corrected chi connectivity index (χ2v) is 4.27. The number of hydrogen-bond donors (Lipinski definition) is 2. The fourth-order valence-corrected chi connectivity index (χ4v) is 1.49. The summed E-state index contributed by atoms with van der Waals surface area (Å²) < 4.78 is 5.17. The van der Waals surface area contributed by atoms with Crippen LogP contribution in [-0.4, -0.2) is 30.8 Å². The SMILES string of the molecule is O=C(OCC1CC1)c1ccc(NCCO)cc1. The van der Waals surface area contributed by atoms with Crippen molar-refractivity contribution in [2.75, 3.05) is 25.1 Å². The highest BCUT2D eigenvalue weighted by molar-refractivity contribution is 5.89. The molecule has 1 aromatic carbocycles. The van der Waals surface area contributed by atoms with Gasteiger partial charge in [0.15, 0.2) is 0 Å². The van der Waals surface area contributed by atoms with Crippen LogP contribution >= 0.6 is 0 Å². The van der Waals surface area contributed by atoms with Gasteiger partial charge in [0.25, 0.3) is 0 Å². The standard InChI is InChI=1S/C13H17NO3/c15-8-7-14-12-5-3-11(4-6-12)13(16)17-9-10-1-2-10/h3-6,10,14-15H,1-2,7-9H2. The van der Waals surface area contributed by atoms with E-state index in [4.69, 9.17) is 9.84 Å². The zero-order chi connectivity index (χ0) is 12.1. The van der Waals surface area contributed by atoms with E-state index in [2.05, 4.69) is 5.32 Å². The molecule has 0 unspecified atom stereocenters. The highest BCUT2D eigenvalue weighted by atomic mass is 16.5. The molecule has 1 fully saturated rings. The summed E-state index contributed by atoms with van der Waals surface area (Å²) in [6, 6.07) is 7.08. The van der Waals surface area contributed by atoms with Gasteiger partial charge >= 0.3 is 5.97 Å². The molecule has 0 spiro atoms. The third-order valence-corrected chi connectivity index (χ3v) is 2.71. The third-order valence-electron chi connectivity index (χ3n) is 2.71. The first-order chi connectivity index (χ1) is 8.29. The Bertz CT molecular complexity index is 371. The number of nitrogens with one attached hydrogen (secondary N) is 1. The van der Waals surface area contributed by atoms with Gasteiger partial charge in [-0.05, 0) is 43.0 Å². The van der Waals surface area contributed by atoms with Gasteiger partial charge in [0, 0.05) is 12.2 Å². The van der Waals surface area contributed by atoms with E-state index in [-0.39, 0.29) is 12.6 Å². The van der Waals surface area contributed by atoms with Crippen LogP contribution in [0.4, 0.5) is 5.69 Å². The van der Waals surface area contributed by atoms with Crippen LogP contribution in [0.15, 0.2) is 24.3 Å². The first kappa shape index (κ1) is 11.9. The van der Waals surface area contributed by atoms with Crippen molar-refractivity contribution in [1.82, 2.24) is 0 Å². The van der Waals surface area contributed by atoms with Crippen molar-refractivity contribution in [2.45, 2.75) is 12.8 Å². The van der Waals surface area contributed by atoms with Gasteiger partial charge in [0.05, 0.1) is 18.8 Å². The van der Waals surface area contributed by atoms with E-state index in [0.29, 0.717) is 24.6 Å². The zero-order valence-electron chi connectivity index (χ0n) is 9.69. The maximum atomic E-state index is 11.6. The van der Waals surface area contributed by atoms with Crippen LogP contribution < -0.4 is 5.32 Å². The number of aliphatic hydroxyl groups is 1. The van der Waals surface area contributed by atoms with Gasteiger partial charge in [-0.15, -0.1) is 0 Å². The number of benzene rings is 1. The molecular weight excluding hydrogens is 218 g/mol. The number of carbonyl (C=O) groups excluding carboxylic acids is 1. The largest absolute Gasteiger partial charge is 0.462 e. The van der Waals surface area contributed by atoms with Crippen molar-refractivity contribution in [3.8, 4) is 0 Å². The number of esters is 1. The van der Waals surface area contributed by atoms with Crippen LogP contribution in [0, 0.1) is 5.92 Å². The number of anilines is 1. The van der Waals surface area contributed by atoms with Crippen molar-refractivity contribution in [3.63, 3.8) is 0 Å². The molecule has 0 radical (unpaired) electrons. The molecule has 0 bridgehead atoms. The normalized spacial score (nSPS) is 14.4. The smallest absolute Gasteiger partial charge is 0.338 e. The van der Waals surface area contributed by atoms with Crippen LogP contribution in [-0.2, 0) is 4.74 Å². The molecule has 92 valence electrons. The third kappa shape index (κ3) is 3.75. The lowest BCUT2D eigenvalue weighted by atomic mass is 10.2. The van der Waals surface area contributed by atoms with Gasteiger partial charge < -0.3 is 15.2 Å². The lowest BCUT2D eigenvalue weighted by molar-refractivity contribution is 0.0486. The highest BCUT2D eigenvalue weighted by Crippen LogP contribution is 2.29. The lowest BCUT2D eigenvalue weighted by Crippen LogP contribution is -2.08. The molecular formula is C13H17NO3. The fourth-order valence-electron chi connectivity index (χ4n) is 1.49. The van der Waals surface area contributed by atoms with Gasteiger partial charge in [0.1, 0.15) is 0 Å². The summed E-state index contributed by atoms with van der Waals surface area (Å²) in [4.78, 5) is 11.6. The first-order valence-electron chi connectivity index (χ1n) is 5.91. The van der Waals surface area contributed by atoms with E-state index in [9.17, 15) is 4.79 Å². The van der Waals surface area contributed by atoms with E-state index in [1.54, 1.807) is 12.1 Å². The molecule has 1 aromatic rings. The second-order valence-electron chi connectivity index (χ2n) is 4.27. The summed E-state index contributed by atoms with van der Waals surface area (Å²) in [5.74, 6) is 0.329. The van der Waals surface area contributed by atoms with E-state index < -0.39 is 0 Å². The fraction of sp³-hybridized carbons (Fsp3) is 0.462. The number of ether oxygens (including phenoxy) is 1. The predicted octanol–water partition coefficient (Wildman–Crippen LogP) is 1.66. The van der Waals surface area contributed by atoms with Crippen molar-refractivity contribution in [1.29, 1.82) is 0 Å². The summed E-state index contributed by atoms with van der Waals surface area (Å²) in [6.45, 7) is 1.14. The summed E-state index contributed by atoms with van der Waals surface area (Å²) in [6.07, 6.45) is 2.36. The Hall–Kier alpha value is -1.55. The van der Waals surface area contributed by atoms with Crippen molar-refractivity contribution >= 4 is 11.7 Å². The molecule has 17 heavy (non-hydrogen) atoms. The lowest BCUT2D eigenvalue weighted by Gasteiger charge is -2.06. The summed E-state index contributed by atoms with van der Waals surface area (Å²) in [7, 11) is 0. The molecule has 4 heteroatoms. The quantitative estimate of drug-likeness (QED) is 0.736. The highest BCUT2D eigenvalue weighted by Gasteiger charge is 2.23. The monoisotopic (exact) mass is 235 g/mol. The number of aliphatic hydroxyl groups excluding tert-OH is 1.